The van der Waals surface area contributed by atoms with Crippen LogP contribution in [0.1, 0.15) is 0 Å². The van der Waals surface area contributed by atoms with Gasteiger partial charge >= 0.3 is 101 Å². The van der Waals surface area contributed by atoms with Crippen LogP contribution in [-0.2, 0) is 0 Å². The predicted molar refractivity (Wildman–Crippen MR) is 69.7 cm³/mol. The minimum atomic E-state index is -0.149. The van der Waals surface area contributed by atoms with Gasteiger partial charge in [0.1, 0.15) is 0 Å². The van der Waals surface area contributed by atoms with Crippen molar-refractivity contribution in [2.75, 3.05) is 4.99 Å². The standard InChI is InChI=1S/C13H12GeP/c14-11-15(12-7-3-1-4-8-12)13-9-5-2-6-10-13/h1-10H,11H2. The van der Waals surface area contributed by atoms with Gasteiger partial charge in [-0.15, -0.1) is 0 Å². The normalized spacial score (nSPS) is 10.5. The minimum absolute atomic E-state index is 0.149. The molecule has 15 heavy (non-hydrogen) atoms. The van der Waals surface area contributed by atoms with Gasteiger partial charge in [-0.25, -0.2) is 0 Å². The van der Waals surface area contributed by atoms with Crippen molar-refractivity contribution in [2.45, 2.75) is 0 Å². The molecule has 0 heterocycles. The molecule has 0 aliphatic carbocycles. The zero-order chi connectivity index (χ0) is 10.5. The van der Waals surface area contributed by atoms with Gasteiger partial charge in [0.05, 0.1) is 0 Å². The van der Waals surface area contributed by atoms with Gasteiger partial charge in [-0.3, -0.25) is 0 Å². The maximum atomic E-state index is 2.27. The van der Waals surface area contributed by atoms with Crippen LogP contribution in [0.15, 0.2) is 60.7 Å². The van der Waals surface area contributed by atoms with Gasteiger partial charge in [0, 0.05) is 0 Å². The average molecular weight is 272 g/mol. The van der Waals surface area contributed by atoms with E-state index in [-0.39, 0.29) is 7.92 Å². The van der Waals surface area contributed by atoms with E-state index < -0.39 is 0 Å². The van der Waals surface area contributed by atoms with Crippen LogP contribution < -0.4 is 10.6 Å². The van der Waals surface area contributed by atoms with Crippen molar-refractivity contribution in [2.24, 2.45) is 0 Å². The van der Waals surface area contributed by atoms with Crippen molar-refractivity contribution in [1.29, 1.82) is 0 Å². The molecule has 0 saturated carbocycles. The van der Waals surface area contributed by atoms with Crippen LogP contribution in [0.4, 0.5) is 0 Å². The first-order valence-electron chi connectivity index (χ1n) is 4.94. The van der Waals surface area contributed by atoms with Crippen LogP contribution in [0.5, 0.6) is 0 Å². The molecule has 0 aliphatic heterocycles. The molecule has 2 rings (SSSR count). The predicted octanol–water partition coefficient (Wildman–Crippen LogP) is 2.25. The van der Waals surface area contributed by atoms with Crippen molar-refractivity contribution in [3.63, 3.8) is 0 Å². The molecule has 0 spiro atoms. The van der Waals surface area contributed by atoms with Crippen molar-refractivity contribution in [1.82, 2.24) is 0 Å². The van der Waals surface area contributed by atoms with E-state index in [0.717, 1.165) is 0 Å². The van der Waals surface area contributed by atoms with E-state index in [1.165, 1.54) is 15.6 Å². The summed E-state index contributed by atoms with van der Waals surface area (Å²) in [6, 6.07) is 21.6. The van der Waals surface area contributed by atoms with Crippen molar-refractivity contribution in [3.8, 4) is 0 Å². The van der Waals surface area contributed by atoms with Crippen molar-refractivity contribution in [3.05, 3.63) is 60.7 Å². The van der Waals surface area contributed by atoms with Crippen LogP contribution in [-0.4, -0.2) is 21.5 Å². The molecular weight excluding hydrogens is 260 g/mol. The van der Waals surface area contributed by atoms with Crippen LogP contribution in [0, 0.1) is 0 Å². The fraction of sp³-hybridized carbons (Fsp3) is 0.0769. The maximum absolute atomic E-state index is 2.27. The van der Waals surface area contributed by atoms with E-state index in [9.17, 15) is 0 Å². The second-order valence-corrected chi connectivity index (χ2v) is 7.45. The fourth-order valence-corrected chi connectivity index (χ4v) is 5.57. The van der Waals surface area contributed by atoms with E-state index in [0.29, 0.717) is 0 Å². The molecule has 3 radical (unpaired) electrons. The summed E-state index contributed by atoms with van der Waals surface area (Å²) in [5.74, 6) is 0. The first-order valence-corrected chi connectivity index (χ1v) is 7.95. The Balaban J connectivity index is 2.34. The number of hydrogen-bond acceptors (Lipinski definition) is 0. The van der Waals surface area contributed by atoms with E-state index >= 15 is 0 Å². The summed E-state index contributed by atoms with van der Waals surface area (Å²) < 4.78 is 0. The first kappa shape index (κ1) is 10.9. The summed E-state index contributed by atoms with van der Waals surface area (Å²) in [6.45, 7) is 0. The van der Waals surface area contributed by atoms with Crippen LogP contribution >= 0.6 is 7.92 Å². The van der Waals surface area contributed by atoms with Gasteiger partial charge < -0.3 is 0 Å². The molecule has 0 aliphatic rings. The van der Waals surface area contributed by atoms with Crippen LogP contribution in [0.2, 0.25) is 0 Å². The Bertz CT molecular complexity index is 360. The Labute approximate surface area is 101 Å². The first-order chi connectivity index (χ1) is 7.42. The molecule has 0 saturated heterocycles. The van der Waals surface area contributed by atoms with Gasteiger partial charge in [-0.2, -0.15) is 0 Å². The Morgan fingerprint density at radius 2 is 1.13 bits per heavy atom. The third-order valence-corrected chi connectivity index (χ3v) is 6.44. The fourth-order valence-electron chi connectivity index (χ4n) is 1.55. The monoisotopic (exact) mass is 273 g/mol. The summed E-state index contributed by atoms with van der Waals surface area (Å²) in [4.78, 5) is 1.21. The van der Waals surface area contributed by atoms with Gasteiger partial charge in [-0.1, -0.05) is 0 Å². The average Bonchev–Trinajstić information content (AvgIpc) is 2.33. The van der Waals surface area contributed by atoms with E-state index in [1.54, 1.807) is 0 Å². The van der Waals surface area contributed by atoms with Gasteiger partial charge in [-0.05, 0) is 0 Å². The second kappa shape index (κ2) is 5.48. The molecule has 0 bridgehead atoms. The molecule has 0 unspecified atom stereocenters. The summed E-state index contributed by atoms with van der Waals surface area (Å²) in [6.07, 6.45) is 0. The second-order valence-electron chi connectivity index (χ2n) is 3.26. The number of benzene rings is 2. The third-order valence-electron chi connectivity index (χ3n) is 2.29. The Morgan fingerprint density at radius 1 is 0.733 bits per heavy atom. The zero-order valence-corrected chi connectivity index (χ0v) is 11.4. The molecule has 2 aromatic carbocycles. The van der Waals surface area contributed by atoms with Gasteiger partial charge in [0.15, 0.2) is 0 Å². The number of rotatable bonds is 3. The molecule has 0 N–H and O–H groups in total. The quantitative estimate of drug-likeness (QED) is 0.593. The SMILES string of the molecule is [Ge][CH2]P(c1ccccc1)c1ccccc1. The van der Waals surface area contributed by atoms with Gasteiger partial charge in [0.2, 0.25) is 0 Å². The molecule has 73 valence electrons. The van der Waals surface area contributed by atoms with E-state index in [1.807, 2.05) is 0 Å². The summed E-state index contributed by atoms with van der Waals surface area (Å²) >= 11 is 2.27. The number of hydrogen-bond donors (Lipinski definition) is 0. The van der Waals surface area contributed by atoms with E-state index in [4.69, 9.17) is 0 Å². The molecule has 0 amide bonds. The van der Waals surface area contributed by atoms with Gasteiger partial charge in [0.25, 0.3) is 0 Å². The molecular formula is C13H12GeP. The molecule has 0 atom stereocenters. The summed E-state index contributed by atoms with van der Waals surface area (Å²) in [5, 5.41) is 2.95. The van der Waals surface area contributed by atoms with E-state index in [2.05, 4.69) is 77.2 Å². The third kappa shape index (κ3) is 2.71. The Kier molecular flexibility index (Phi) is 3.99. The topological polar surface area (TPSA) is 0 Å². The molecule has 0 fully saturated rings. The van der Waals surface area contributed by atoms with Crippen LogP contribution in [0.25, 0.3) is 0 Å². The molecule has 0 nitrogen and oxygen atoms in total. The molecule has 0 aromatic heterocycles. The Morgan fingerprint density at radius 3 is 1.47 bits per heavy atom. The molecule has 2 aromatic rings. The Hall–Kier alpha value is -0.587. The van der Waals surface area contributed by atoms with Crippen molar-refractivity contribution >= 4 is 35.0 Å². The molecule has 2 heteroatoms. The van der Waals surface area contributed by atoms with Crippen molar-refractivity contribution < 1.29 is 0 Å². The van der Waals surface area contributed by atoms with Crippen LogP contribution in [0.3, 0.4) is 0 Å². The zero-order valence-electron chi connectivity index (χ0n) is 8.43. The summed E-state index contributed by atoms with van der Waals surface area (Å²) in [7, 11) is -0.149. The summed E-state index contributed by atoms with van der Waals surface area (Å²) in [5.41, 5.74) is 0.